The Kier molecular flexibility index (Phi) is 6.48. The van der Waals surface area contributed by atoms with E-state index in [9.17, 15) is 9.59 Å². The number of hydrogen-bond donors (Lipinski definition) is 0. The van der Waals surface area contributed by atoms with Crippen molar-refractivity contribution in [2.75, 3.05) is 38.1 Å². The summed E-state index contributed by atoms with van der Waals surface area (Å²) in [5.41, 5.74) is 3.97. The second-order valence-electron chi connectivity index (χ2n) is 9.08. The molecule has 0 bridgehead atoms. The number of thioether (sulfide) groups is 1. The highest BCUT2D eigenvalue weighted by Crippen LogP contribution is 2.34. The topological polar surface area (TPSA) is 61.2 Å². The molecule has 4 heterocycles. The maximum absolute atomic E-state index is 13.7. The minimum atomic E-state index is -0.184. The van der Waals surface area contributed by atoms with Gasteiger partial charge < -0.3 is 9.80 Å². The van der Waals surface area contributed by atoms with Gasteiger partial charge in [0.2, 0.25) is 0 Å². The molecule has 3 aromatic rings. The Morgan fingerprint density at radius 1 is 1.06 bits per heavy atom. The summed E-state index contributed by atoms with van der Waals surface area (Å²) in [5.74, 6) is 0.444. The maximum Gasteiger partial charge on any atom is 0.267 e. The Morgan fingerprint density at radius 2 is 1.77 bits per heavy atom. The molecule has 5 rings (SSSR count). The van der Waals surface area contributed by atoms with Gasteiger partial charge in [0.25, 0.3) is 11.5 Å². The van der Waals surface area contributed by atoms with Gasteiger partial charge in [-0.2, -0.15) is 0 Å². The van der Waals surface area contributed by atoms with Gasteiger partial charge in [-0.15, -0.1) is 0 Å². The van der Waals surface area contributed by atoms with Gasteiger partial charge in [-0.3, -0.25) is 18.9 Å². The maximum atomic E-state index is 13.7. The second kappa shape index (κ2) is 9.56. The molecule has 0 spiro atoms. The van der Waals surface area contributed by atoms with Crippen molar-refractivity contribution in [2.24, 2.45) is 0 Å². The molecular formula is C26H27N5O2S2. The van der Waals surface area contributed by atoms with Crippen LogP contribution in [-0.4, -0.2) is 62.6 Å². The number of fused-ring (bicyclic) bond motifs is 1. The third kappa shape index (κ3) is 4.63. The van der Waals surface area contributed by atoms with Crippen LogP contribution in [0.4, 0.5) is 5.82 Å². The minimum absolute atomic E-state index is 0.182. The van der Waals surface area contributed by atoms with Crippen LogP contribution in [0, 0.1) is 13.8 Å². The molecule has 180 valence electrons. The molecule has 1 aromatic carbocycles. The molecular weight excluding hydrogens is 478 g/mol. The largest absolute Gasteiger partial charge is 0.353 e. The lowest BCUT2D eigenvalue weighted by molar-refractivity contribution is -0.122. The van der Waals surface area contributed by atoms with Crippen molar-refractivity contribution >= 4 is 51.7 Å². The fraction of sp³-hybridized carbons (Fsp3) is 0.308. The van der Waals surface area contributed by atoms with Crippen LogP contribution in [0.1, 0.15) is 22.3 Å². The zero-order chi connectivity index (χ0) is 24.7. The van der Waals surface area contributed by atoms with Gasteiger partial charge in [0, 0.05) is 32.4 Å². The molecule has 2 aliphatic heterocycles. The lowest BCUT2D eigenvalue weighted by Gasteiger charge is -2.34. The van der Waals surface area contributed by atoms with Crippen LogP contribution in [0.3, 0.4) is 0 Å². The molecule has 2 aromatic heterocycles. The summed E-state index contributed by atoms with van der Waals surface area (Å²) < 4.78 is 2.06. The summed E-state index contributed by atoms with van der Waals surface area (Å²) in [4.78, 5) is 38.4. The molecule has 0 saturated carbocycles. The first-order valence-corrected chi connectivity index (χ1v) is 12.8. The quantitative estimate of drug-likeness (QED) is 0.398. The Morgan fingerprint density at radius 3 is 2.49 bits per heavy atom. The number of carbonyl (C=O) groups is 1. The number of amides is 1. The monoisotopic (exact) mass is 505 g/mol. The Balaban J connectivity index is 1.56. The van der Waals surface area contributed by atoms with Crippen LogP contribution in [0.25, 0.3) is 11.7 Å². The summed E-state index contributed by atoms with van der Waals surface area (Å²) in [6, 6.07) is 11.8. The average Bonchev–Trinajstić information content (AvgIpc) is 3.10. The molecule has 0 atom stereocenters. The highest BCUT2D eigenvalue weighted by Gasteiger charge is 2.33. The number of anilines is 1. The third-order valence-corrected chi connectivity index (χ3v) is 7.86. The summed E-state index contributed by atoms with van der Waals surface area (Å²) >= 11 is 6.78. The van der Waals surface area contributed by atoms with E-state index in [-0.39, 0.29) is 11.5 Å². The normalized spacial score (nSPS) is 18.3. The lowest BCUT2D eigenvalue weighted by Crippen LogP contribution is -2.45. The van der Waals surface area contributed by atoms with Crippen LogP contribution in [0.2, 0.25) is 0 Å². The number of carbonyl (C=O) groups excluding carboxylic acids is 1. The van der Waals surface area contributed by atoms with Crippen molar-refractivity contribution in [2.45, 2.75) is 20.4 Å². The third-order valence-electron chi connectivity index (χ3n) is 6.48. The van der Waals surface area contributed by atoms with Gasteiger partial charge in [-0.25, -0.2) is 4.98 Å². The smallest absolute Gasteiger partial charge is 0.267 e. The molecule has 7 nitrogen and oxygen atoms in total. The number of thiocarbonyl (C=S) groups is 1. The molecule has 0 aliphatic carbocycles. The van der Waals surface area contributed by atoms with Crippen LogP contribution in [0.15, 0.2) is 52.3 Å². The van der Waals surface area contributed by atoms with Crippen LogP contribution in [-0.2, 0) is 11.3 Å². The number of hydrogen-bond acceptors (Lipinski definition) is 7. The van der Waals surface area contributed by atoms with Crippen LogP contribution in [0.5, 0.6) is 0 Å². The van der Waals surface area contributed by atoms with Gasteiger partial charge in [-0.1, -0.05) is 59.9 Å². The SMILES string of the molecule is Cc1ccc(CN2C(=O)/C(=C/c3c(N4CCN(C)CC4)nc4c(C)cccn4c3=O)SC2=S)cc1. The predicted octanol–water partition coefficient (Wildman–Crippen LogP) is 3.46. The molecule has 0 unspecified atom stereocenters. The van der Waals surface area contributed by atoms with E-state index >= 15 is 0 Å². The van der Waals surface area contributed by atoms with E-state index in [1.54, 1.807) is 21.6 Å². The van der Waals surface area contributed by atoms with Gasteiger partial charge in [-0.05, 0) is 44.2 Å². The summed E-state index contributed by atoms with van der Waals surface area (Å²) in [7, 11) is 2.09. The Hall–Kier alpha value is -3.01. The molecule has 9 heteroatoms. The first kappa shape index (κ1) is 23.7. The fourth-order valence-electron chi connectivity index (χ4n) is 4.33. The number of likely N-dealkylation sites (N-methyl/N-ethyl adjacent to an activating group) is 1. The van der Waals surface area contributed by atoms with Crippen LogP contribution >= 0.6 is 24.0 Å². The molecule has 0 N–H and O–H groups in total. The zero-order valence-electron chi connectivity index (χ0n) is 20.0. The van der Waals surface area contributed by atoms with E-state index in [4.69, 9.17) is 17.2 Å². The Labute approximate surface area is 214 Å². The van der Waals surface area contributed by atoms with Gasteiger partial charge >= 0.3 is 0 Å². The molecule has 2 saturated heterocycles. The molecule has 35 heavy (non-hydrogen) atoms. The number of piperazine rings is 1. The number of aryl methyl sites for hydroxylation is 2. The van der Waals surface area contributed by atoms with E-state index in [0.29, 0.717) is 32.8 Å². The van der Waals surface area contributed by atoms with E-state index in [1.165, 1.54) is 11.8 Å². The highest BCUT2D eigenvalue weighted by atomic mass is 32.2. The van der Waals surface area contributed by atoms with Crippen LogP contribution < -0.4 is 10.5 Å². The van der Waals surface area contributed by atoms with Crippen molar-refractivity contribution in [3.8, 4) is 0 Å². The lowest BCUT2D eigenvalue weighted by atomic mass is 10.1. The first-order chi connectivity index (χ1) is 16.8. The number of pyridine rings is 1. The molecule has 2 fully saturated rings. The molecule has 1 amide bonds. The van der Waals surface area contributed by atoms with Crippen molar-refractivity contribution < 1.29 is 4.79 Å². The van der Waals surface area contributed by atoms with E-state index < -0.39 is 0 Å². The zero-order valence-corrected chi connectivity index (χ0v) is 21.7. The summed E-state index contributed by atoms with van der Waals surface area (Å²) in [6.07, 6.45) is 3.41. The second-order valence-corrected chi connectivity index (χ2v) is 10.8. The summed E-state index contributed by atoms with van der Waals surface area (Å²) in [5, 5.41) is 0. The molecule has 2 aliphatic rings. The number of benzene rings is 1. The van der Waals surface area contributed by atoms with Crippen molar-refractivity contribution in [3.63, 3.8) is 0 Å². The number of rotatable bonds is 4. The molecule has 0 radical (unpaired) electrons. The highest BCUT2D eigenvalue weighted by molar-refractivity contribution is 8.26. The van der Waals surface area contributed by atoms with E-state index in [1.807, 2.05) is 50.2 Å². The summed E-state index contributed by atoms with van der Waals surface area (Å²) in [6.45, 7) is 7.68. The average molecular weight is 506 g/mol. The van der Waals surface area contributed by atoms with Gasteiger partial charge in [0.1, 0.15) is 15.8 Å². The number of nitrogens with zero attached hydrogens (tertiary/aromatic N) is 5. The van der Waals surface area contributed by atoms with E-state index in [2.05, 4.69) is 16.8 Å². The van der Waals surface area contributed by atoms with Gasteiger partial charge in [0.05, 0.1) is 17.0 Å². The Bertz CT molecular complexity index is 1410. The van der Waals surface area contributed by atoms with Crippen molar-refractivity contribution in [1.82, 2.24) is 19.2 Å². The fourth-order valence-corrected chi connectivity index (χ4v) is 5.57. The minimum Gasteiger partial charge on any atom is -0.353 e. The van der Waals surface area contributed by atoms with E-state index in [0.717, 1.165) is 42.9 Å². The number of aromatic nitrogens is 2. The standard InChI is InChI=1S/C26H27N5O2S2/c1-17-6-8-19(9-7-17)16-31-25(33)21(35-26(31)34)15-20-23(29-13-11-28(3)12-14-29)27-22-18(2)5-4-10-30(22)24(20)32/h4-10,15H,11-14,16H2,1-3H3/b21-15-. The van der Waals surface area contributed by atoms with Gasteiger partial charge in [0.15, 0.2) is 0 Å². The predicted molar refractivity (Wildman–Crippen MR) is 146 cm³/mol. The first-order valence-electron chi connectivity index (χ1n) is 11.6. The van der Waals surface area contributed by atoms with Crippen molar-refractivity contribution in [3.05, 3.63) is 80.1 Å². The van der Waals surface area contributed by atoms with Crippen molar-refractivity contribution in [1.29, 1.82) is 0 Å².